The van der Waals surface area contributed by atoms with E-state index >= 15 is 0 Å². The maximum absolute atomic E-state index is 13.3. The number of halogens is 1. The van der Waals surface area contributed by atoms with Gasteiger partial charge in [0.25, 0.3) is 5.91 Å². The van der Waals surface area contributed by atoms with Gasteiger partial charge in [-0.1, -0.05) is 19.1 Å². The predicted octanol–water partition coefficient (Wildman–Crippen LogP) is 3.65. The van der Waals surface area contributed by atoms with Crippen molar-refractivity contribution in [1.29, 1.82) is 0 Å². The van der Waals surface area contributed by atoms with E-state index < -0.39 is 0 Å². The summed E-state index contributed by atoms with van der Waals surface area (Å²) >= 11 is 1.53. The first-order chi connectivity index (χ1) is 13.0. The van der Waals surface area contributed by atoms with E-state index in [9.17, 15) is 9.18 Å². The molecule has 1 heterocycles. The number of pyridine rings is 1. The Kier molecular flexibility index (Phi) is 8.06. The molecule has 0 aliphatic rings. The number of methoxy groups -OCH3 is 1. The lowest BCUT2D eigenvalue weighted by Crippen LogP contribution is -2.27. The number of rotatable bonds is 9. The molecule has 146 valence electrons. The zero-order valence-electron chi connectivity index (χ0n) is 16.2. The maximum atomic E-state index is 13.3. The van der Waals surface area contributed by atoms with Crippen molar-refractivity contribution in [3.8, 4) is 0 Å². The third kappa shape index (κ3) is 5.94. The number of thioether (sulfide) groups is 1. The van der Waals surface area contributed by atoms with Crippen molar-refractivity contribution >= 4 is 23.5 Å². The molecule has 0 bridgehead atoms. The van der Waals surface area contributed by atoms with Gasteiger partial charge < -0.3 is 15.0 Å². The summed E-state index contributed by atoms with van der Waals surface area (Å²) in [4.78, 5) is 19.5. The van der Waals surface area contributed by atoms with Gasteiger partial charge in [0.2, 0.25) is 0 Å². The number of nitrogens with zero attached hydrogens (tertiary/aromatic N) is 2. The number of ether oxygens (including phenoxy) is 1. The van der Waals surface area contributed by atoms with Crippen molar-refractivity contribution in [2.75, 3.05) is 38.0 Å². The summed E-state index contributed by atoms with van der Waals surface area (Å²) in [5.74, 6) is 1.10. The van der Waals surface area contributed by atoms with E-state index in [-0.39, 0.29) is 18.3 Å². The minimum absolute atomic E-state index is 0.202. The van der Waals surface area contributed by atoms with Crippen molar-refractivity contribution in [2.45, 2.75) is 25.4 Å². The number of carbonyl (C=O) groups excluding carboxylic acids is 1. The summed E-state index contributed by atoms with van der Waals surface area (Å²) < 4.78 is 18.4. The Morgan fingerprint density at radius 1 is 1.37 bits per heavy atom. The minimum Gasteiger partial charge on any atom is -0.383 e. The van der Waals surface area contributed by atoms with Crippen LogP contribution in [0.15, 0.2) is 35.4 Å². The van der Waals surface area contributed by atoms with Crippen LogP contribution in [0.1, 0.15) is 28.4 Å². The van der Waals surface area contributed by atoms with Gasteiger partial charge in [0.15, 0.2) is 0 Å². The van der Waals surface area contributed by atoms with E-state index in [1.807, 2.05) is 31.9 Å². The van der Waals surface area contributed by atoms with Crippen LogP contribution in [0.5, 0.6) is 0 Å². The summed E-state index contributed by atoms with van der Waals surface area (Å²) in [5.41, 5.74) is 2.15. The van der Waals surface area contributed by atoms with Crippen LogP contribution < -0.4 is 10.2 Å². The fourth-order valence-corrected chi connectivity index (χ4v) is 3.43. The molecule has 0 atom stereocenters. The molecule has 0 saturated carbocycles. The van der Waals surface area contributed by atoms with E-state index in [1.165, 1.54) is 23.9 Å². The van der Waals surface area contributed by atoms with Gasteiger partial charge in [-0.15, -0.1) is 11.8 Å². The Morgan fingerprint density at radius 2 is 2.15 bits per heavy atom. The summed E-state index contributed by atoms with van der Waals surface area (Å²) in [6, 6.07) is 8.12. The number of carbonyl (C=O) groups is 1. The number of hydrogen-bond acceptors (Lipinski definition) is 5. The Morgan fingerprint density at radius 3 is 2.81 bits per heavy atom. The number of aryl methyl sites for hydroxylation is 1. The third-order valence-corrected chi connectivity index (χ3v) is 4.90. The number of hydrogen-bond donors (Lipinski definition) is 1. The molecule has 1 aromatic carbocycles. The molecule has 0 aliphatic heterocycles. The second-order valence-electron chi connectivity index (χ2n) is 6.14. The highest BCUT2D eigenvalue weighted by molar-refractivity contribution is 7.99. The molecule has 1 N–H and O–H groups in total. The van der Waals surface area contributed by atoms with Gasteiger partial charge >= 0.3 is 0 Å². The van der Waals surface area contributed by atoms with E-state index in [0.717, 1.165) is 22.7 Å². The molecule has 1 amide bonds. The zero-order chi connectivity index (χ0) is 19.8. The second-order valence-corrected chi connectivity index (χ2v) is 7.39. The molecule has 0 spiro atoms. The van der Waals surface area contributed by atoms with Gasteiger partial charge in [-0.05, 0) is 42.0 Å². The number of likely N-dealkylation sites (N-methyl/N-ethyl adjacent to an activating group) is 1. The molecule has 27 heavy (non-hydrogen) atoms. The van der Waals surface area contributed by atoms with Crippen LogP contribution >= 0.6 is 11.8 Å². The average Bonchev–Trinajstić information content (AvgIpc) is 2.64. The lowest BCUT2D eigenvalue weighted by molar-refractivity contribution is 0.0946. The van der Waals surface area contributed by atoms with Crippen LogP contribution in [-0.2, 0) is 11.3 Å². The third-order valence-electron chi connectivity index (χ3n) is 4.04. The Bertz CT molecular complexity index is 786. The first-order valence-corrected chi connectivity index (χ1v) is 9.82. The van der Waals surface area contributed by atoms with Gasteiger partial charge in [-0.25, -0.2) is 9.37 Å². The average molecular weight is 392 g/mol. The highest BCUT2D eigenvalue weighted by Crippen LogP contribution is 2.27. The predicted molar refractivity (Wildman–Crippen MR) is 108 cm³/mol. The lowest BCUT2D eigenvalue weighted by Gasteiger charge is -2.21. The normalized spacial score (nSPS) is 10.7. The van der Waals surface area contributed by atoms with E-state index in [0.29, 0.717) is 23.7 Å². The first kappa shape index (κ1) is 21.2. The standard InChI is InChI=1S/C20H26FN3O2S/c1-5-27-20-18(14(2)11-17(23-20)24(3)9-10-26-4)19(25)22-13-15-7-6-8-16(21)12-15/h6-8,11-12H,5,9-10,13H2,1-4H3,(H,22,25). The van der Waals surface area contributed by atoms with Crippen molar-refractivity contribution in [3.63, 3.8) is 0 Å². The molecular weight excluding hydrogens is 365 g/mol. The number of aromatic nitrogens is 1. The quantitative estimate of drug-likeness (QED) is 0.661. The van der Waals surface area contributed by atoms with Gasteiger partial charge in [-0.2, -0.15) is 0 Å². The fourth-order valence-electron chi connectivity index (χ4n) is 2.60. The topological polar surface area (TPSA) is 54.5 Å². The molecule has 2 aromatic rings. The summed E-state index contributed by atoms with van der Waals surface area (Å²) in [5, 5.41) is 3.57. The van der Waals surface area contributed by atoms with E-state index in [4.69, 9.17) is 4.74 Å². The smallest absolute Gasteiger partial charge is 0.254 e. The van der Waals surface area contributed by atoms with Crippen LogP contribution in [0.2, 0.25) is 0 Å². The number of nitrogens with one attached hydrogen (secondary N) is 1. The molecule has 0 saturated heterocycles. The van der Waals surface area contributed by atoms with Crippen molar-refractivity contribution in [3.05, 3.63) is 52.8 Å². The largest absolute Gasteiger partial charge is 0.383 e. The Balaban J connectivity index is 2.21. The van der Waals surface area contributed by atoms with Crippen molar-refractivity contribution < 1.29 is 13.9 Å². The molecule has 0 aliphatic carbocycles. The van der Waals surface area contributed by atoms with Crippen molar-refractivity contribution in [1.82, 2.24) is 10.3 Å². The van der Waals surface area contributed by atoms with Crippen LogP contribution in [0.4, 0.5) is 10.2 Å². The molecule has 5 nitrogen and oxygen atoms in total. The first-order valence-electron chi connectivity index (χ1n) is 8.83. The molecule has 0 fully saturated rings. The molecular formula is C20H26FN3O2S. The van der Waals surface area contributed by atoms with Crippen LogP contribution in [0.25, 0.3) is 0 Å². The fraction of sp³-hybridized carbons (Fsp3) is 0.400. The van der Waals surface area contributed by atoms with Gasteiger partial charge in [0, 0.05) is 27.2 Å². The maximum Gasteiger partial charge on any atom is 0.254 e. The van der Waals surface area contributed by atoms with Gasteiger partial charge in [0.1, 0.15) is 16.7 Å². The lowest BCUT2D eigenvalue weighted by atomic mass is 10.1. The highest BCUT2D eigenvalue weighted by Gasteiger charge is 2.18. The molecule has 1 aromatic heterocycles. The highest BCUT2D eigenvalue weighted by atomic mass is 32.2. The zero-order valence-corrected chi connectivity index (χ0v) is 17.0. The molecule has 7 heteroatoms. The molecule has 2 rings (SSSR count). The summed E-state index contributed by atoms with van der Waals surface area (Å²) in [6.45, 7) is 5.51. The SMILES string of the molecule is CCSc1nc(N(C)CCOC)cc(C)c1C(=O)NCc1cccc(F)c1. The monoisotopic (exact) mass is 391 g/mol. The van der Waals surface area contributed by atoms with Gasteiger partial charge in [-0.3, -0.25) is 4.79 Å². The van der Waals surface area contributed by atoms with Crippen LogP contribution in [-0.4, -0.2) is 44.0 Å². The minimum atomic E-state index is -0.315. The van der Waals surface area contributed by atoms with E-state index in [1.54, 1.807) is 19.2 Å². The summed E-state index contributed by atoms with van der Waals surface area (Å²) in [7, 11) is 3.61. The Hall–Kier alpha value is -2.12. The van der Waals surface area contributed by atoms with Crippen LogP contribution in [0, 0.1) is 12.7 Å². The van der Waals surface area contributed by atoms with E-state index in [2.05, 4.69) is 10.3 Å². The van der Waals surface area contributed by atoms with Gasteiger partial charge in [0.05, 0.1) is 12.2 Å². The molecule has 0 radical (unpaired) electrons. The second kappa shape index (κ2) is 10.3. The number of amides is 1. The van der Waals surface area contributed by atoms with Crippen LogP contribution in [0.3, 0.4) is 0 Å². The molecule has 0 unspecified atom stereocenters. The Labute approximate surface area is 164 Å². The number of anilines is 1. The number of benzene rings is 1. The van der Waals surface area contributed by atoms with Crippen molar-refractivity contribution in [2.24, 2.45) is 0 Å². The summed E-state index contributed by atoms with van der Waals surface area (Å²) in [6.07, 6.45) is 0.